The fraction of sp³-hybridized carbons (Fsp3) is 0.105. The van der Waals surface area contributed by atoms with Crippen LogP contribution in [0.2, 0.25) is 10.0 Å². The minimum atomic E-state index is -0.249. The molecular weight excluding hydrogens is 447 g/mol. The van der Waals surface area contributed by atoms with E-state index in [0.29, 0.717) is 32.3 Å². The van der Waals surface area contributed by atoms with Gasteiger partial charge in [0.05, 0.1) is 27.2 Å². The number of hydrogen-bond acceptors (Lipinski definition) is 7. The average Bonchev–Trinajstić information content (AvgIpc) is 3.40. The van der Waals surface area contributed by atoms with Crippen LogP contribution < -0.4 is 5.32 Å². The molecule has 0 atom stereocenters. The van der Waals surface area contributed by atoms with Crippen molar-refractivity contribution in [1.29, 1.82) is 0 Å². The molecule has 0 fully saturated rings. The van der Waals surface area contributed by atoms with Crippen molar-refractivity contribution in [1.82, 2.24) is 25.2 Å². The monoisotopic (exact) mass is 460 g/mol. The number of nitrogens with one attached hydrogen (secondary N) is 1. The molecule has 0 aliphatic carbocycles. The van der Waals surface area contributed by atoms with Gasteiger partial charge in [0.15, 0.2) is 6.39 Å². The van der Waals surface area contributed by atoms with Gasteiger partial charge in [0, 0.05) is 5.56 Å². The van der Waals surface area contributed by atoms with Crippen molar-refractivity contribution in [3.05, 3.63) is 64.7 Å². The Balaban J connectivity index is 1.42. The zero-order valence-corrected chi connectivity index (χ0v) is 17.9. The molecule has 0 bridgehead atoms. The number of halogens is 2. The maximum Gasteiger partial charge on any atom is 0.234 e. The van der Waals surface area contributed by atoms with Gasteiger partial charge in [-0.15, -0.1) is 5.10 Å². The third-order valence-corrected chi connectivity index (χ3v) is 5.61. The second-order valence-corrected chi connectivity index (χ2v) is 7.99. The second kappa shape index (κ2) is 8.86. The van der Waals surface area contributed by atoms with Crippen molar-refractivity contribution in [2.75, 3.05) is 11.1 Å². The molecule has 0 saturated carbocycles. The molecule has 0 aliphatic rings. The normalized spacial score (nSPS) is 10.9. The number of aromatic nitrogens is 5. The third kappa shape index (κ3) is 4.48. The number of oxazole rings is 1. The summed E-state index contributed by atoms with van der Waals surface area (Å²) in [6.07, 6.45) is 2.86. The number of nitrogens with zero attached hydrogens (tertiary/aromatic N) is 5. The van der Waals surface area contributed by atoms with Crippen LogP contribution in [0.25, 0.3) is 16.9 Å². The lowest BCUT2D eigenvalue weighted by atomic mass is 10.1. The van der Waals surface area contributed by atoms with Gasteiger partial charge in [-0.3, -0.25) is 4.79 Å². The van der Waals surface area contributed by atoms with E-state index >= 15 is 0 Å². The standard InChI is InChI=1S/C19H14Cl2N6O2S/c1-11-2-5-17(14(21)6-11)27-19(24-25-26-27)30-9-18(28)23-15-4-3-12(7-13(15)20)16-8-29-10-22-16/h2-8,10H,9H2,1H3,(H,23,28). The molecule has 11 heteroatoms. The van der Waals surface area contributed by atoms with E-state index < -0.39 is 0 Å². The highest BCUT2D eigenvalue weighted by Gasteiger charge is 2.15. The van der Waals surface area contributed by atoms with Crippen LogP contribution in [0.1, 0.15) is 5.56 Å². The number of aryl methyl sites for hydroxylation is 1. The molecule has 0 saturated heterocycles. The van der Waals surface area contributed by atoms with Crippen molar-refractivity contribution < 1.29 is 9.21 Å². The van der Waals surface area contributed by atoms with E-state index in [1.165, 1.54) is 29.1 Å². The molecule has 1 N–H and O–H groups in total. The largest absolute Gasteiger partial charge is 0.451 e. The van der Waals surface area contributed by atoms with Gasteiger partial charge in [-0.05, 0) is 47.2 Å². The Hall–Kier alpha value is -2.88. The number of benzene rings is 2. The predicted octanol–water partition coefficient (Wildman–Crippen LogP) is 4.66. The summed E-state index contributed by atoms with van der Waals surface area (Å²) in [6.45, 7) is 1.94. The van der Waals surface area contributed by atoms with Gasteiger partial charge >= 0.3 is 0 Å². The molecule has 2 heterocycles. The first kappa shape index (κ1) is 20.4. The SMILES string of the molecule is Cc1ccc(-n2nnnc2SCC(=O)Nc2ccc(-c3cocn3)cc2Cl)c(Cl)c1. The van der Waals surface area contributed by atoms with Crippen molar-refractivity contribution in [2.45, 2.75) is 12.1 Å². The highest BCUT2D eigenvalue weighted by atomic mass is 35.5. The zero-order valence-electron chi connectivity index (χ0n) is 15.5. The molecule has 0 aliphatic heterocycles. The topological polar surface area (TPSA) is 98.7 Å². The van der Waals surface area contributed by atoms with Crippen molar-refractivity contribution in [3.8, 4) is 16.9 Å². The van der Waals surface area contributed by atoms with E-state index in [9.17, 15) is 4.79 Å². The smallest absolute Gasteiger partial charge is 0.234 e. The van der Waals surface area contributed by atoms with E-state index in [-0.39, 0.29) is 11.7 Å². The minimum Gasteiger partial charge on any atom is -0.451 e. The van der Waals surface area contributed by atoms with Crippen molar-refractivity contribution in [2.24, 2.45) is 0 Å². The number of amides is 1. The molecule has 2 aromatic heterocycles. The molecule has 4 rings (SSSR count). The molecule has 0 unspecified atom stereocenters. The van der Waals surface area contributed by atoms with Crippen LogP contribution in [0.4, 0.5) is 5.69 Å². The molecule has 0 radical (unpaired) electrons. The summed E-state index contributed by atoms with van der Waals surface area (Å²) in [5, 5.41) is 15.8. The fourth-order valence-corrected chi connectivity index (χ4v) is 3.88. The van der Waals surface area contributed by atoms with E-state index in [1.807, 2.05) is 25.1 Å². The van der Waals surface area contributed by atoms with Gasteiger partial charge in [0.2, 0.25) is 11.1 Å². The summed E-state index contributed by atoms with van der Waals surface area (Å²) in [6, 6.07) is 10.8. The third-order valence-electron chi connectivity index (χ3n) is 4.08. The van der Waals surface area contributed by atoms with Crippen LogP contribution in [0, 0.1) is 6.92 Å². The summed E-state index contributed by atoms with van der Waals surface area (Å²) < 4.78 is 6.47. The van der Waals surface area contributed by atoms with Crippen LogP contribution in [0.3, 0.4) is 0 Å². The first-order chi connectivity index (χ1) is 14.5. The summed E-state index contributed by atoms with van der Waals surface area (Å²) >= 11 is 13.8. The Morgan fingerprint density at radius 1 is 1.20 bits per heavy atom. The minimum absolute atomic E-state index is 0.0885. The van der Waals surface area contributed by atoms with Gasteiger partial charge in [0.1, 0.15) is 12.0 Å². The maximum atomic E-state index is 12.4. The number of carbonyl (C=O) groups excluding carboxylic acids is 1. The zero-order chi connectivity index (χ0) is 21.1. The first-order valence-electron chi connectivity index (χ1n) is 8.67. The van der Waals surface area contributed by atoms with E-state index in [0.717, 1.165) is 11.1 Å². The molecule has 2 aromatic carbocycles. The molecule has 30 heavy (non-hydrogen) atoms. The first-order valence-corrected chi connectivity index (χ1v) is 10.4. The van der Waals surface area contributed by atoms with Crippen LogP contribution >= 0.6 is 35.0 Å². The van der Waals surface area contributed by atoms with Gasteiger partial charge in [-0.1, -0.05) is 47.1 Å². The highest BCUT2D eigenvalue weighted by molar-refractivity contribution is 7.99. The molecular formula is C19H14Cl2N6O2S. The number of rotatable bonds is 6. The van der Waals surface area contributed by atoms with Gasteiger partial charge in [-0.2, -0.15) is 4.68 Å². The molecule has 152 valence electrons. The van der Waals surface area contributed by atoms with E-state index in [2.05, 4.69) is 25.8 Å². The number of carbonyl (C=O) groups is 1. The summed E-state index contributed by atoms with van der Waals surface area (Å²) in [4.78, 5) is 16.5. The predicted molar refractivity (Wildman–Crippen MR) is 115 cm³/mol. The average molecular weight is 461 g/mol. The van der Waals surface area contributed by atoms with Gasteiger partial charge in [-0.25, -0.2) is 4.98 Å². The Morgan fingerprint density at radius 2 is 2.07 bits per heavy atom. The molecule has 0 spiro atoms. The van der Waals surface area contributed by atoms with Crippen LogP contribution in [0.5, 0.6) is 0 Å². The Bertz CT molecular complexity index is 1200. The van der Waals surface area contributed by atoms with Crippen molar-refractivity contribution >= 4 is 46.6 Å². The maximum absolute atomic E-state index is 12.4. The van der Waals surface area contributed by atoms with Gasteiger partial charge < -0.3 is 9.73 Å². The second-order valence-electron chi connectivity index (χ2n) is 6.23. The molecule has 1 amide bonds. The van der Waals surface area contributed by atoms with E-state index in [4.69, 9.17) is 27.6 Å². The van der Waals surface area contributed by atoms with Crippen molar-refractivity contribution in [3.63, 3.8) is 0 Å². The van der Waals surface area contributed by atoms with Crippen LogP contribution in [-0.4, -0.2) is 36.9 Å². The number of tetrazole rings is 1. The highest BCUT2D eigenvalue weighted by Crippen LogP contribution is 2.29. The van der Waals surface area contributed by atoms with Gasteiger partial charge in [0.25, 0.3) is 0 Å². The lowest BCUT2D eigenvalue weighted by Crippen LogP contribution is -2.15. The van der Waals surface area contributed by atoms with E-state index in [1.54, 1.807) is 18.2 Å². The summed E-state index contributed by atoms with van der Waals surface area (Å²) in [5.41, 5.74) is 3.61. The number of hydrogen-bond donors (Lipinski definition) is 1. The summed E-state index contributed by atoms with van der Waals surface area (Å²) in [5.74, 6) is -0.161. The lowest BCUT2D eigenvalue weighted by molar-refractivity contribution is -0.113. The fourth-order valence-electron chi connectivity index (χ4n) is 2.65. The molecule has 4 aromatic rings. The summed E-state index contributed by atoms with van der Waals surface area (Å²) in [7, 11) is 0. The number of thioether (sulfide) groups is 1. The lowest BCUT2D eigenvalue weighted by Gasteiger charge is -2.09. The Labute approximate surface area is 185 Å². The Kier molecular flexibility index (Phi) is 6.03. The Morgan fingerprint density at radius 3 is 2.80 bits per heavy atom. The number of anilines is 1. The molecule has 8 nitrogen and oxygen atoms in total. The van der Waals surface area contributed by atoms with Crippen LogP contribution in [-0.2, 0) is 4.79 Å². The quantitative estimate of drug-likeness (QED) is 0.417. The van der Waals surface area contributed by atoms with Crippen LogP contribution in [0.15, 0.2) is 58.6 Å².